The predicted molar refractivity (Wildman–Crippen MR) is 89.2 cm³/mol. The van der Waals surface area contributed by atoms with Crippen molar-refractivity contribution in [3.8, 4) is 0 Å². The fourth-order valence-corrected chi connectivity index (χ4v) is 3.17. The monoisotopic (exact) mass is 319 g/mol. The Balaban J connectivity index is 2.19. The molecule has 0 radical (unpaired) electrons. The van der Waals surface area contributed by atoms with Gasteiger partial charge >= 0.3 is 0 Å². The lowest BCUT2D eigenvalue weighted by Crippen LogP contribution is -2.10. The molecule has 0 aliphatic rings. The van der Waals surface area contributed by atoms with Crippen LogP contribution in [0, 0.1) is 6.92 Å². The average Bonchev–Trinajstić information content (AvgIpc) is 2.73. The summed E-state index contributed by atoms with van der Waals surface area (Å²) in [5.74, 6) is 0.481. The van der Waals surface area contributed by atoms with Crippen LogP contribution in [0.15, 0.2) is 36.4 Å². The van der Waals surface area contributed by atoms with Crippen LogP contribution in [0.5, 0.6) is 0 Å². The maximum Gasteiger partial charge on any atom is 0.201 e. The average molecular weight is 320 g/mol. The number of aryl methyl sites for hydroxylation is 1. The predicted octanol–water partition coefficient (Wildman–Crippen LogP) is 4.84. The minimum absolute atomic E-state index is 0.0263. The first-order valence-corrected chi connectivity index (χ1v) is 7.42. The summed E-state index contributed by atoms with van der Waals surface area (Å²) in [6, 6.07) is 11.6. The number of nitrogens with two attached hydrogens (primary N) is 1. The van der Waals surface area contributed by atoms with Crippen LogP contribution in [-0.4, -0.2) is 9.55 Å². The number of nitrogen functional groups attached to an aromatic ring is 1. The van der Waals surface area contributed by atoms with Crippen LogP contribution in [0.4, 0.5) is 5.95 Å². The molecule has 3 nitrogen and oxygen atoms in total. The number of benzene rings is 2. The van der Waals surface area contributed by atoms with Gasteiger partial charge in [0, 0.05) is 10.0 Å². The van der Waals surface area contributed by atoms with Gasteiger partial charge < -0.3 is 10.3 Å². The van der Waals surface area contributed by atoms with Crippen LogP contribution in [0.3, 0.4) is 0 Å². The number of rotatable bonds is 2. The van der Waals surface area contributed by atoms with Crippen LogP contribution in [-0.2, 0) is 0 Å². The van der Waals surface area contributed by atoms with Gasteiger partial charge in [-0.15, -0.1) is 0 Å². The largest absolute Gasteiger partial charge is 0.369 e. The fraction of sp³-hybridized carbons (Fsp3) is 0.188. The molecule has 0 amide bonds. The molecule has 0 aliphatic carbocycles. The van der Waals surface area contributed by atoms with E-state index in [2.05, 4.69) is 18.0 Å². The molecule has 108 valence electrons. The Morgan fingerprint density at radius 3 is 2.62 bits per heavy atom. The maximum atomic E-state index is 6.32. The Bertz CT molecular complexity index is 824. The normalized spacial score (nSPS) is 12.8. The number of anilines is 1. The summed E-state index contributed by atoms with van der Waals surface area (Å²) in [4.78, 5) is 4.42. The molecule has 0 spiro atoms. The Hall–Kier alpha value is -1.71. The van der Waals surface area contributed by atoms with E-state index in [-0.39, 0.29) is 6.04 Å². The zero-order valence-electron chi connectivity index (χ0n) is 11.8. The van der Waals surface area contributed by atoms with Crippen molar-refractivity contribution in [1.29, 1.82) is 0 Å². The van der Waals surface area contributed by atoms with E-state index in [1.807, 2.05) is 35.8 Å². The molecular formula is C16H15Cl2N3. The van der Waals surface area contributed by atoms with Gasteiger partial charge in [-0.25, -0.2) is 4.98 Å². The second-order valence-corrected chi connectivity index (χ2v) is 6.02. The molecule has 0 saturated carbocycles. The molecule has 2 aromatic carbocycles. The fourth-order valence-electron chi connectivity index (χ4n) is 2.61. The van der Waals surface area contributed by atoms with Crippen molar-refractivity contribution in [3.05, 3.63) is 57.6 Å². The van der Waals surface area contributed by atoms with E-state index in [0.717, 1.165) is 22.2 Å². The van der Waals surface area contributed by atoms with Crippen LogP contribution in [0.1, 0.15) is 24.1 Å². The van der Waals surface area contributed by atoms with E-state index in [0.29, 0.717) is 16.0 Å². The number of hydrogen-bond donors (Lipinski definition) is 1. The van der Waals surface area contributed by atoms with Gasteiger partial charge in [0.15, 0.2) is 0 Å². The Labute approximate surface area is 133 Å². The standard InChI is InChI=1S/C16H15Cl2N3/c1-9-3-6-14-15(7-9)21(16(19)20-14)10(2)12-5-4-11(17)8-13(12)18/h3-8,10H,1-2H3,(H2,19,20). The van der Waals surface area contributed by atoms with Crippen LogP contribution < -0.4 is 5.73 Å². The lowest BCUT2D eigenvalue weighted by Gasteiger charge is -2.18. The number of imidazole rings is 1. The van der Waals surface area contributed by atoms with Crippen molar-refractivity contribution >= 4 is 40.2 Å². The Morgan fingerprint density at radius 2 is 1.90 bits per heavy atom. The van der Waals surface area contributed by atoms with Crippen molar-refractivity contribution < 1.29 is 0 Å². The molecule has 0 fully saturated rings. The highest BCUT2D eigenvalue weighted by Crippen LogP contribution is 2.32. The van der Waals surface area contributed by atoms with Crippen molar-refractivity contribution in [3.63, 3.8) is 0 Å². The first kappa shape index (κ1) is 14.2. The summed E-state index contributed by atoms with van der Waals surface area (Å²) in [6.07, 6.45) is 0. The smallest absolute Gasteiger partial charge is 0.201 e. The molecule has 0 saturated heterocycles. The summed E-state index contributed by atoms with van der Waals surface area (Å²) >= 11 is 12.3. The van der Waals surface area contributed by atoms with Crippen molar-refractivity contribution in [2.24, 2.45) is 0 Å². The molecule has 1 unspecified atom stereocenters. The highest BCUT2D eigenvalue weighted by Gasteiger charge is 2.18. The molecule has 0 aliphatic heterocycles. The highest BCUT2D eigenvalue weighted by molar-refractivity contribution is 6.35. The SMILES string of the molecule is Cc1ccc2nc(N)n(C(C)c3ccc(Cl)cc3Cl)c2c1. The molecule has 1 atom stereocenters. The van der Waals surface area contributed by atoms with E-state index in [9.17, 15) is 0 Å². The van der Waals surface area contributed by atoms with Gasteiger partial charge in [0.2, 0.25) is 5.95 Å². The molecule has 0 bridgehead atoms. The zero-order chi connectivity index (χ0) is 15.1. The maximum absolute atomic E-state index is 6.32. The third kappa shape index (κ3) is 2.47. The topological polar surface area (TPSA) is 43.8 Å². The lowest BCUT2D eigenvalue weighted by molar-refractivity contribution is 0.668. The van der Waals surface area contributed by atoms with Crippen molar-refractivity contribution in [2.75, 3.05) is 5.73 Å². The summed E-state index contributed by atoms with van der Waals surface area (Å²) in [6.45, 7) is 4.10. The second kappa shape index (κ2) is 5.24. The molecule has 3 rings (SSSR count). The summed E-state index contributed by atoms with van der Waals surface area (Å²) in [5, 5.41) is 1.25. The highest BCUT2D eigenvalue weighted by atomic mass is 35.5. The lowest BCUT2D eigenvalue weighted by atomic mass is 10.1. The van der Waals surface area contributed by atoms with Gasteiger partial charge in [0.05, 0.1) is 17.1 Å². The van der Waals surface area contributed by atoms with E-state index in [1.54, 1.807) is 6.07 Å². The van der Waals surface area contributed by atoms with E-state index in [1.165, 1.54) is 0 Å². The van der Waals surface area contributed by atoms with Crippen molar-refractivity contribution in [2.45, 2.75) is 19.9 Å². The summed E-state index contributed by atoms with van der Waals surface area (Å²) < 4.78 is 2.00. The van der Waals surface area contributed by atoms with Gasteiger partial charge in [0.25, 0.3) is 0 Å². The first-order chi connectivity index (χ1) is 9.97. The van der Waals surface area contributed by atoms with E-state index >= 15 is 0 Å². The van der Waals surface area contributed by atoms with Gasteiger partial charge in [-0.05, 0) is 49.2 Å². The van der Waals surface area contributed by atoms with Crippen LogP contribution in [0.2, 0.25) is 10.0 Å². The van der Waals surface area contributed by atoms with Crippen LogP contribution >= 0.6 is 23.2 Å². The van der Waals surface area contributed by atoms with Gasteiger partial charge in [0.1, 0.15) is 0 Å². The number of hydrogen-bond acceptors (Lipinski definition) is 2. The minimum Gasteiger partial charge on any atom is -0.369 e. The number of aromatic nitrogens is 2. The van der Waals surface area contributed by atoms with E-state index in [4.69, 9.17) is 28.9 Å². The number of halogens is 2. The Morgan fingerprint density at radius 1 is 1.14 bits per heavy atom. The number of nitrogens with zero attached hydrogens (tertiary/aromatic N) is 2. The molecule has 2 N–H and O–H groups in total. The third-order valence-corrected chi connectivity index (χ3v) is 4.23. The molecule has 1 heterocycles. The quantitative estimate of drug-likeness (QED) is 0.734. The van der Waals surface area contributed by atoms with E-state index < -0.39 is 0 Å². The van der Waals surface area contributed by atoms with Crippen LogP contribution in [0.25, 0.3) is 11.0 Å². The minimum atomic E-state index is -0.0263. The molecule has 1 aromatic heterocycles. The molecule has 3 aromatic rings. The summed E-state index contributed by atoms with van der Waals surface area (Å²) in [7, 11) is 0. The van der Waals surface area contributed by atoms with Gasteiger partial charge in [-0.2, -0.15) is 0 Å². The second-order valence-electron chi connectivity index (χ2n) is 5.17. The Kier molecular flexibility index (Phi) is 3.56. The third-order valence-electron chi connectivity index (χ3n) is 3.67. The molecule has 5 heteroatoms. The number of fused-ring (bicyclic) bond motifs is 1. The van der Waals surface area contributed by atoms with Gasteiger partial charge in [-0.1, -0.05) is 35.3 Å². The molecular weight excluding hydrogens is 305 g/mol. The summed E-state index contributed by atoms with van der Waals surface area (Å²) in [5.41, 5.74) is 10.1. The first-order valence-electron chi connectivity index (χ1n) is 6.66. The van der Waals surface area contributed by atoms with Crippen molar-refractivity contribution in [1.82, 2.24) is 9.55 Å². The zero-order valence-corrected chi connectivity index (χ0v) is 13.3. The molecule has 21 heavy (non-hydrogen) atoms. The van der Waals surface area contributed by atoms with Gasteiger partial charge in [-0.3, -0.25) is 0 Å².